The minimum Gasteiger partial charge on any atom is -0.329 e. The van der Waals surface area contributed by atoms with E-state index in [9.17, 15) is 4.79 Å². The minimum atomic E-state index is 0.201. The van der Waals surface area contributed by atoms with E-state index in [1.165, 1.54) is 25.7 Å². The number of benzene rings is 2. The fourth-order valence-electron chi connectivity index (χ4n) is 4.87. The molecule has 1 aliphatic heterocycles. The van der Waals surface area contributed by atoms with Gasteiger partial charge in [-0.25, -0.2) is 0 Å². The van der Waals surface area contributed by atoms with Gasteiger partial charge < -0.3 is 9.80 Å². The van der Waals surface area contributed by atoms with Crippen LogP contribution in [-0.4, -0.2) is 43.0 Å². The van der Waals surface area contributed by atoms with Gasteiger partial charge in [-0.1, -0.05) is 49.7 Å². The van der Waals surface area contributed by atoms with Gasteiger partial charge in [-0.15, -0.1) is 0 Å². The van der Waals surface area contributed by atoms with E-state index in [0.717, 1.165) is 54.5 Å². The second-order valence-electron chi connectivity index (χ2n) is 7.85. The van der Waals surface area contributed by atoms with Crippen LogP contribution >= 0.6 is 0 Å². The first-order valence-electron chi connectivity index (χ1n) is 9.85. The number of amides is 1. The molecule has 2 aromatic rings. The second kappa shape index (κ2) is 7.17. The highest BCUT2D eigenvalue weighted by molar-refractivity contribution is 6.07. The highest BCUT2D eigenvalue weighted by Crippen LogP contribution is 2.23. The average molecular weight is 337 g/mol. The Morgan fingerprint density at radius 1 is 1.00 bits per heavy atom. The summed E-state index contributed by atoms with van der Waals surface area (Å²) in [4.78, 5) is 16.9. The Labute approximate surface area is 150 Å². The first kappa shape index (κ1) is 16.6. The number of carbonyl (C=O) groups is 1. The molecule has 25 heavy (non-hydrogen) atoms. The third-order valence-electron chi connectivity index (χ3n) is 6.35. The van der Waals surface area contributed by atoms with Gasteiger partial charge >= 0.3 is 0 Å². The van der Waals surface area contributed by atoms with Crippen molar-refractivity contribution in [3.05, 3.63) is 48.0 Å². The van der Waals surface area contributed by atoms with Crippen molar-refractivity contribution in [2.75, 3.05) is 26.2 Å². The van der Waals surface area contributed by atoms with E-state index in [2.05, 4.69) is 30.0 Å². The molecule has 3 heteroatoms. The zero-order chi connectivity index (χ0) is 17.2. The second-order valence-corrected chi connectivity index (χ2v) is 7.85. The number of hydrogen-bond acceptors (Lipinski definition) is 1. The van der Waals surface area contributed by atoms with E-state index in [1.807, 2.05) is 24.3 Å². The summed E-state index contributed by atoms with van der Waals surface area (Å²) in [6.45, 7) is 6.41. The molecule has 3 nitrogen and oxygen atoms in total. The maximum atomic E-state index is 13.1. The van der Waals surface area contributed by atoms with Crippen LogP contribution in [0.25, 0.3) is 10.8 Å². The molecule has 2 aromatic carbocycles. The Kier molecular flexibility index (Phi) is 4.76. The quantitative estimate of drug-likeness (QED) is 0.895. The Bertz CT molecular complexity index is 743. The lowest BCUT2D eigenvalue weighted by molar-refractivity contribution is -0.934. The number of hydrogen-bond donors (Lipinski definition) is 1. The number of nitrogens with one attached hydrogen (secondary N) is 1. The number of nitrogens with zero attached hydrogens (tertiary/aromatic N) is 1. The van der Waals surface area contributed by atoms with E-state index in [0.29, 0.717) is 0 Å². The van der Waals surface area contributed by atoms with E-state index in [4.69, 9.17) is 0 Å². The number of rotatable bonds is 2. The van der Waals surface area contributed by atoms with Crippen LogP contribution in [0, 0.1) is 5.92 Å². The molecular weight excluding hydrogens is 308 g/mol. The molecule has 4 rings (SSSR count). The van der Waals surface area contributed by atoms with Crippen molar-refractivity contribution in [3.63, 3.8) is 0 Å². The molecule has 0 unspecified atom stereocenters. The van der Waals surface area contributed by atoms with Gasteiger partial charge in [0, 0.05) is 11.5 Å². The topological polar surface area (TPSA) is 24.8 Å². The molecule has 0 radical (unpaired) electrons. The predicted molar refractivity (Wildman–Crippen MR) is 102 cm³/mol. The lowest BCUT2D eigenvalue weighted by atomic mass is 9.84. The molecule has 1 saturated carbocycles. The first-order chi connectivity index (χ1) is 12.2. The first-order valence-corrected chi connectivity index (χ1v) is 9.85. The van der Waals surface area contributed by atoms with E-state index in [1.54, 1.807) is 4.90 Å². The molecule has 2 atom stereocenters. The number of piperazine rings is 1. The Morgan fingerprint density at radius 3 is 2.52 bits per heavy atom. The van der Waals surface area contributed by atoms with Crippen molar-refractivity contribution in [1.82, 2.24) is 4.90 Å². The third-order valence-corrected chi connectivity index (χ3v) is 6.35. The molecule has 0 spiro atoms. The van der Waals surface area contributed by atoms with Gasteiger partial charge in [-0.2, -0.15) is 0 Å². The zero-order valence-corrected chi connectivity index (χ0v) is 15.2. The van der Waals surface area contributed by atoms with Crippen LogP contribution in [0.2, 0.25) is 0 Å². The Morgan fingerprint density at radius 2 is 1.72 bits per heavy atom. The summed E-state index contributed by atoms with van der Waals surface area (Å²) in [7, 11) is 0. The van der Waals surface area contributed by atoms with Gasteiger partial charge in [0.05, 0.1) is 32.2 Å². The van der Waals surface area contributed by atoms with Gasteiger partial charge in [-0.05, 0) is 36.1 Å². The molecular formula is C22H29N2O+. The van der Waals surface area contributed by atoms with Crippen LogP contribution in [-0.2, 0) is 0 Å². The van der Waals surface area contributed by atoms with Gasteiger partial charge in [0.1, 0.15) is 0 Å². The molecule has 1 amide bonds. The highest BCUT2D eigenvalue weighted by Gasteiger charge is 2.34. The van der Waals surface area contributed by atoms with Crippen LogP contribution in [0.1, 0.15) is 43.0 Å². The summed E-state index contributed by atoms with van der Waals surface area (Å²) in [5.74, 6) is 1.04. The molecule has 132 valence electrons. The molecule has 1 aliphatic carbocycles. The molecule has 2 aliphatic rings. The molecule has 1 saturated heterocycles. The SMILES string of the molecule is C[C@@H]1CCCC[C@@H]1[NH+]1CCN(C(=O)c2cccc3ccccc23)CC1. The van der Waals surface area contributed by atoms with E-state index < -0.39 is 0 Å². The fraction of sp³-hybridized carbons (Fsp3) is 0.500. The third kappa shape index (κ3) is 3.30. The normalized spacial score (nSPS) is 25.2. The molecule has 2 fully saturated rings. The summed E-state index contributed by atoms with van der Waals surface area (Å²) in [5.41, 5.74) is 0.854. The summed E-state index contributed by atoms with van der Waals surface area (Å²) in [5, 5.41) is 2.22. The molecule has 0 aromatic heterocycles. The van der Waals surface area contributed by atoms with Crippen LogP contribution < -0.4 is 4.90 Å². The lowest BCUT2D eigenvalue weighted by Gasteiger charge is -2.40. The van der Waals surface area contributed by atoms with Crippen molar-refractivity contribution >= 4 is 16.7 Å². The summed E-state index contributed by atoms with van der Waals surface area (Å²) in [6, 6.07) is 15.1. The maximum absolute atomic E-state index is 13.1. The monoisotopic (exact) mass is 337 g/mol. The minimum absolute atomic E-state index is 0.201. The smallest absolute Gasteiger partial charge is 0.254 e. The van der Waals surface area contributed by atoms with Crippen LogP contribution in [0.15, 0.2) is 42.5 Å². The summed E-state index contributed by atoms with van der Waals surface area (Å²) < 4.78 is 0. The maximum Gasteiger partial charge on any atom is 0.254 e. The molecule has 1 N–H and O–H groups in total. The lowest BCUT2D eigenvalue weighted by Crippen LogP contribution is -3.19. The van der Waals surface area contributed by atoms with E-state index in [-0.39, 0.29) is 5.91 Å². The van der Waals surface area contributed by atoms with Crippen molar-refractivity contribution in [3.8, 4) is 0 Å². The highest BCUT2D eigenvalue weighted by atomic mass is 16.2. The van der Waals surface area contributed by atoms with Gasteiger partial charge in [0.15, 0.2) is 0 Å². The fourth-order valence-corrected chi connectivity index (χ4v) is 4.87. The van der Waals surface area contributed by atoms with Crippen LogP contribution in [0.3, 0.4) is 0 Å². The summed E-state index contributed by atoms with van der Waals surface area (Å²) >= 11 is 0. The zero-order valence-electron chi connectivity index (χ0n) is 15.2. The van der Waals surface area contributed by atoms with E-state index >= 15 is 0 Å². The summed E-state index contributed by atoms with van der Waals surface area (Å²) in [6.07, 6.45) is 5.54. The number of quaternary nitrogens is 1. The van der Waals surface area contributed by atoms with Gasteiger partial charge in [0.25, 0.3) is 5.91 Å². The average Bonchev–Trinajstić information content (AvgIpc) is 2.67. The van der Waals surface area contributed by atoms with Gasteiger partial charge in [0.2, 0.25) is 0 Å². The molecule has 0 bridgehead atoms. The van der Waals surface area contributed by atoms with Gasteiger partial charge in [-0.3, -0.25) is 4.79 Å². The number of fused-ring (bicyclic) bond motifs is 1. The predicted octanol–water partition coefficient (Wildman–Crippen LogP) is 2.76. The van der Waals surface area contributed by atoms with Crippen molar-refractivity contribution in [2.45, 2.75) is 38.6 Å². The number of carbonyl (C=O) groups excluding carboxylic acids is 1. The standard InChI is InChI=1S/C22H28N2O/c1-17-7-2-5-12-21(17)23-13-15-24(16-14-23)22(25)20-11-6-9-18-8-3-4-10-19(18)20/h3-4,6,8-11,17,21H,2,5,7,12-16H2,1H3/p+1/t17-,21+/m1/s1. The van der Waals surface area contributed by atoms with Crippen molar-refractivity contribution in [2.24, 2.45) is 5.92 Å². The van der Waals surface area contributed by atoms with Crippen molar-refractivity contribution < 1.29 is 9.69 Å². The van der Waals surface area contributed by atoms with Crippen LogP contribution in [0.4, 0.5) is 0 Å². The van der Waals surface area contributed by atoms with Crippen LogP contribution in [0.5, 0.6) is 0 Å². The van der Waals surface area contributed by atoms with Crippen molar-refractivity contribution in [1.29, 1.82) is 0 Å². The Balaban J connectivity index is 1.46. The molecule has 1 heterocycles. The Hall–Kier alpha value is -1.87. The largest absolute Gasteiger partial charge is 0.329 e.